The molecule has 47 valence electrons. The summed E-state index contributed by atoms with van der Waals surface area (Å²) in [5.41, 5.74) is 5.94. The lowest BCUT2D eigenvalue weighted by molar-refractivity contribution is 0.251. The Morgan fingerprint density at radius 1 is 1.62 bits per heavy atom. The molecular weight excluding hydrogens is 136 g/mol. The molecule has 0 aromatic rings. The van der Waals surface area contributed by atoms with Crippen LogP contribution in [-0.2, 0) is 10.3 Å². The van der Waals surface area contributed by atoms with Crippen LogP contribution in [0.25, 0.3) is 0 Å². The summed E-state index contributed by atoms with van der Waals surface area (Å²) in [4.78, 5) is 9.48. The van der Waals surface area contributed by atoms with E-state index in [0.717, 1.165) is 4.72 Å². The number of carbonyl (C=O) groups is 1. The number of carbonyl (C=O) groups excluding carboxylic acids is 1. The fraction of sp³-hybridized carbons (Fsp3) is 0. The second kappa shape index (κ2) is 1.97. The van der Waals surface area contributed by atoms with Gasteiger partial charge in [0.1, 0.15) is 0 Å². The number of urea groups is 1. The first-order valence-electron chi connectivity index (χ1n) is 1.42. The van der Waals surface area contributed by atoms with Crippen molar-refractivity contribution in [2.24, 2.45) is 0 Å². The van der Waals surface area contributed by atoms with E-state index in [0.29, 0.717) is 0 Å². The lowest BCUT2D eigenvalue weighted by Crippen LogP contribution is -2.28. The maximum atomic E-state index is 9.55. The van der Waals surface area contributed by atoms with Crippen LogP contribution in [0, 0.1) is 0 Å². The molecule has 0 saturated heterocycles. The Labute approximate surface area is 45.6 Å². The van der Waals surface area contributed by atoms with Crippen LogP contribution in [-0.4, -0.2) is 19.0 Å². The minimum Gasteiger partial charge on any atom is -0.269 e. The first-order chi connectivity index (χ1) is 3.42. The largest absolute Gasteiger partial charge is 0.361 e. The highest BCUT2D eigenvalue weighted by molar-refractivity contribution is 7.84. The van der Waals surface area contributed by atoms with E-state index in [1.165, 1.54) is 0 Å². The van der Waals surface area contributed by atoms with Gasteiger partial charge in [0.2, 0.25) is 0 Å². The van der Waals surface area contributed by atoms with Gasteiger partial charge in [-0.25, -0.2) is 15.3 Å². The molecule has 1 radical (unpaired) electrons. The molecule has 3 N–H and O–H groups in total. The molecule has 0 spiro atoms. The Kier molecular flexibility index (Phi) is 1.77. The van der Waals surface area contributed by atoms with Crippen LogP contribution in [0.4, 0.5) is 4.79 Å². The Balaban J connectivity index is 3.95. The van der Waals surface area contributed by atoms with E-state index < -0.39 is 16.3 Å². The summed E-state index contributed by atoms with van der Waals surface area (Å²) >= 11 is 0. The molecule has 2 amide bonds. The minimum atomic E-state index is -4.51. The van der Waals surface area contributed by atoms with Crippen molar-refractivity contribution in [3.63, 3.8) is 0 Å². The molecule has 0 aromatic carbocycles. The highest BCUT2D eigenvalue weighted by atomic mass is 32.2. The number of hydrogen-bond acceptors (Lipinski definition) is 3. The zero-order chi connectivity index (χ0) is 6.78. The van der Waals surface area contributed by atoms with Crippen LogP contribution in [0.2, 0.25) is 0 Å². The highest BCUT2D eigenvalue weighted by Gasteiger charge is 2.04. The van der Waals surface area contributed by atoms with Gasteiger partial charge in [0.05, 0.1) is 0 Å². The third kappa shape index (κ3) is 5.18. The summed E-state index contributed by atoms with van der Waals surface area (Å²) in [6, 6.07) is -1.56. The summed E-state index contributed by atoms with van der Waals surface area (Å²) < 4.78 is 27.7. The van der Waals surface area contributed by atoms with Gasteiger partial charge in [-0.3, -0.25) is 4.55 Å². The zero-order valence-electron chi connectivity index (χ0n) is 3.58. The van der Waals surface area contributed by atoms with Crippen molar-refractivity contribution in [3.05, 3.63) is 0 Å². The average Bonchev–Trinajstić information content (AvgIpc) is 1.21. The first kappa shape index (κ1) is 7.18. The molecule has 0 unspecified atom stereocenters. The first-order valence-corrected chi connectivity index (χ1v) is 2.86. The molecule has 0 saturated carbocycles. The maximum absolute atomic E-state index is 9.55. The van der Waals surface area contributed by atoms with Crippen molar-refractivity contribution in [2.45, 2.75) is 0 Å². The van der Waals surface area contributed by atoms with Crippen molar-refractivity contribution in [1.29, 1.82) is 0 Å². The van der Waals surface area contributed by atoms with Crippen LogP contribution >= 0.6 is 0 Å². The fourth-order valence-corrected chi connectivity index (χ4v) is 0.351. The predicted molar refractivity (Wildman–Crippen MR) is 23.2 cm³/mol. The molecule has 0 atom stereocenters. The van der Waals surface area contributed by atoms with Gasteiger partial charge >= 0.3 is 16.3 Å². The minimum absolute atomic E-state index is 0.938. The van der Waals surface area contributed by atoms with E-state index in [-0.39, 0.29) is 0 Å². The fourth-order valence-electron chi connectivity index (χ4n) is 0.117. The third-order valence-electron chi connectivity index (χ3n) is 0.222. The predicted octanol–water partition coefficient (Wildman–Crippen LogP) is -1.22. The number of nitrogens with one attached hydrogen (secondary N) is 2. The summed E-state index contributed by atoms with van der Waals surface area (Å²) in [7, 11) is -4.51. The molecule has 0 heterocycles. The molecule has 0 aliphatic carbocycles. The maximum Gasteiger partial charge on any atom is 0.361 e. The standard InChI is InChI=1S/CH3N2O4S/c2-1(4)3-8(5,6)7/h2H,(H,3,4)(H,5,6,7). The smallest absolute Gasteiger partial charge is 0.269 e. The number of hydrogen-bond donors (Lipinski definition) is 2. The van der Waals surface area contributed by atoms with Crippen LogP contribution < -0.4 is 10.5 Å². The topological polar surface area (TPSA) is 107 Å². The molecule has 7 heteroatoms. The quantitative estimate of drug-likeness (QED) is 0.444. The third-order valence-corrected chi connectivity index (χ3v) is 0.665. The molecular formula is CH3N2O4S. The summed E-state index contributed by atoms with van der Waals surface area (Å²) in [5.74, 6) is 0. The number of rotatable bonds is 1. The summed E-state index contributed by atoms with van der Waals surface area (Å²) in [6.45, 7) is 0. The summed E-state index contributed by atoms with van der Waals surface area (Å²) in [6.07, 6.45) is 0. The van der Waals surface area contributed by atoms with Gasteiger partial charge in [0.15, 0.2) is 0 Å². The second-order valence-corrected chi connectivity index (χ2v) is 2.06. The Bertz CT molecular complexity index is 180. The van der Waals surface area contributed by atoms with E-state index in [2.05, 4.69) is 0 Å². The van der Waals surface area contributed by atoms with Crippen molar-refractivity contribution >= 4 is 16.3 Å². The van der Waals surface area contributed by atoms with Crippen LogP contribution in [0.1, 0.15) is 0 Å². The lowest BCUT2D eigenvalue weighted by Gasteiger charge is -1.90. The SMILES string of the molecule is [NH]C(=O)NS(=O)(=O)O. The van der Waals surface area contributed by atoms with Crippen molar-refractivity contribution < 1.29 is 17.8 Å². The monoisotopic (exact) mass is 139 g/mol. The normalized spacial score (nSPS) is 10.6. The molecule has 8 heavy (non-hydrogen) atoms. The second-order valence-electron chi connectivity index (χ2n) is 0.906. The molecule has 0 aliphatic rings. The average molecular weight is 139 g/mol. The van der Waals surface area contributed by atoms with Crippen LogP contribution in [0.5, 0.6) is 0 Å². The van der Waals surface area contributed by atoms with E-state index in [1.807, 2.05) is 0 Å². The highest BCUT2D eigenvalue weighted by Crippen LogP contribution is 1.69. The van der Waals surface area contributed by atoms with Crippen molar-refractivity contribution in [2.75, 3.05) is 0 Å². The van der Waals surface area contributed by atoms with Crippen LogP contribution in [0.3, 0.4) is 0 Å². The van der Waals surface area contributed by atoms with Crippen molar-refractivity contribution in [1.82, 2.24) is 10.5 Å². The van der Waals surface area contributed by atoms with E-state index in [1.54, 1.807) is 0 Å². The van der Waals surface area contributed by atoms with Gasteiger partial charge in [0, 0.05) is 0 Å². The Morgan fingerprint density at radius 2 is 2.00 bits per heavy atom. The van der Waals surface area contributed by atoms with E-state index in [4.69, 9.17) is 10.3 Å². The van der Waals surface area contributed by atoms with Gasteiger partial charge < -0.3 is 0 Å². The molecule has 0 bridgehead atoms. The number of amides is 2. The molecule has 0 rings (SSSR count). The van der Waals surface area contributed by atoms with Gasteiger partial charge in [-0.15, -0.1) is 0 Å². The Morgan fingerprint density at radius 3 is 2.00 bits per heavy atom. The zero-order valence-corrected chi connectivity index (χ0v) is 4.40. The van der Waals surface area contributed by atoms with Gasteiger partial charge in [-0.2, -0.15) is 8.42 Å². The lowest BCUT2D eigenvalue weighted by atomic mass is 11.2. The molecule has 0 aliphatic heterocycles. The van der Waals surface area contributed by atoms with E-state index in [9.17, 15) is 13.2 Å². The van der Waals surface area contributed by atoms with Gasteiger partial charge in [-0.1, -0.05) is 0 Å². The Hall–Kier alpha value is -0.820. The van der Waals surface area contributed by atoms with Gasteiger partial charge in [0.25, 0.3) is 0 Å². The summed E-state index contributed by atoms with van der Waals surface area (Å²) in [5, 5.41) is 0. The molecule has 0 fully saturated rings. The van der Waals surface area contributed by atoms with Crippen LogP contribution in [0.15, 0.2) is 0 Å². The van der Waals surface area contributed by atoms with Gasteiger partial charge in [-0.05, 0) is 0 Å². The molecule has 6 nitrogen and oxygen atoms in total. The molecule has 0 aromatic heterocycles. The van der Waals surface area contributed by atoms with Crippen molar-refractivity contribution in [3.8, 4) is 0 Å². The van der Waals surface area contributed by atoms with E-state index >= 15 is 0 Å².